The molecule has 100 valence electrons. The van der Waals surface area contributed by atoms with Crippen LogP contribution in [0.25, 0.3) is 0 Å². The van der Waals surface area contributed by atoms with E-state index >= 15 is 0 Å². The molecule has 0 unspecified atom stereocenters. The van der Waals surface area contributed by atoms with E-state index in [1.807, 2.05) is 0 Å². The van der Waals surface area contributed by atoms with Crippen molar-refractivity contribution < 1.29 is 4.79 Å². The highest BCUT2D eigenvalue weighted by atomic mass is 16.1. The Kier molecular flexibility index (Phi) is 5.13. The normalized spacial score (nSPS) is 11.1. The molecule has 1 aromatic rings. The summed E-state index contributed by atoms with van der Waals surface area (Å²) < 4.78 is 0. The maximum Gasteiger partial charge on any atom is 0.253 e. The minimum Gasteiger partial charge on any atom is -0.386 e. The number of carbonyl (C=O) groups is 1. The molecule has 0 aromatic carbocycles. The fourth-order valence-electron chi connectivity index (χ4n) is 2.12. The van der Waals surface area contributed by atoms with Gasteiger partial charge >= 0.3 is 0 Å². The van der Waals surface area contributed by atoms with Crippen LogP contribution >= 0.6 is 0 Å². The predicted molar refractivity (Wildman–Crippen MR) is 74.9 cm³/mol. The summed E-state index contributed by atoms with van der Waals surface area (Å²) >= 11 is 0. The minimum absolute atomic E-state index is 0.0349. The maximum absolute atomic E-state index is 12.3. The molecule has 1 heterocycles. The van der Waals surface area contributed by atoms with Gasteiger partial charge in [-0.2, -0.15) is 0 Å². The number of amides is 1. The molecule has 1 amide bonds. The molecule has 0 fully saturated rings. The largest absolute Gasteiger partial charge is 0.386 e. The summed E-state index contributed by atoms with van der Waals surface area (Å²) in [6.45, 7) is 6.33. The Morgan fingerprint density at radius 1 is 1.28 bits per heavy atom. The fraction of sp³-hybridized carbons (Fsp3) is 0.571. The van der Waals surface area contributed by atoms with Gasteiger partial charge in [0.25, 0.3) is 5.91 Å². The summed E-state index contributed by atoms with van der Waals surface area (Å²) in [6, 6.07) is 1.74. The van der Waals surface area contributed by atoms with Crippen molar-refractivity contribution in [3.63, 3.8) is 0 Å². The van der Waals surface area contributed by atoms with Crippen molar-refractivity contribution in [3.8, 4) is 0 Å². The van der Waals surface area contributed by atoms with E-state index in [4.69, 9.17) is 0 Å². The molecule has 0 aliphatic heterocycles. The fourth-order valence-corrected chi connectivity index (χ4v) is 2.12. The number of pyridine rings is 1. The number of hydrogen-bond donors (Lipinski definition) is 2. The first kappa shape index (κ1) is 14.5. The van der Waals surface area contributed by atoms with Crippen LogP contribution in [0.5, 0.6) is 0 Å². The molecule has 0 saturated carbocycles. The highest BCUT2D eigenvalue weighted by molar-refractivity contribution is 5.99. The van der Waals surface area contributed by atoms with E-state index in [1.165, 1.54) is 0 Å². The monoisotopic (exact) mass is 249 g/mol. The first-order chi connectivity index (χ1) is 8.62. The second-order valence-corrected chi connectivity index (χ2v) is 4.47. The van der Waals surface area contributed by atoms with Crippen LogP contribution in [-0.4, -0.2) is 23.5 Å². The zero-order valence-electron chi connectivity index (χ0n) is 11.7. The first-order valence-corrected chi connectivity index (χ1v) is 6.56. The van der Waals surface area contributed by atoms with Gasteiger partial charge in [-0.05, 0) is 25.3 Å². The number of rotatable bonds is 6. The van der Waals surface area contributed by atoms with Gasteiger partial charge in [0.05, 0.1) is 17.4 Å². The second-order valence-electron chi connectivity index (χ2n) is 4.47. The maximum atomic E-state index is 12.3. The molecule has 18 heavy (non-hydrogen) atoms. The average molecular weight is 249 g/mol. The molecule has 4 heteroatoms. The number of anilines is 1. The topological polar surface area (TPSA) is 54.0 Å². The Morgan fingerprint density at radius 2 is 1.89 bits per heavy atom. The van der Waals surface area contributed by atoms with Crippen molar-refractivity contribution in [1.29, 1.82) is 0 Å². The predicted octanol–water partition coefficient (Wildman–Crippen LogP) is 2.82. The lowest BCUT2D eigenvalue weighted by molar-refractivity contribution is 0.0889. The summed E-state index contributed by atoms with van der Waals surface area (Å²) in [5.41, 5.74) is 1.30. The summed E-state index contributed by atoms with van der Waals surface area (Å²) in [5, 5.41) is 6.16. The molecular formula is C14H23N3O. The molecule has 0 bridgehead atoms. The van der Waals surface area contributed by atoms with Gasteiger partial charge in [0.2, 0.25) is 0 Å². The number of nitrogens with zero attached hydrogens (tertiary/aromatic N) is 1. The number of nitrogens with one attached hydrogen (secondary N) is 2. The summed E-state index contributed by atoms with van der Waals surface area (Å²) in [7, 11) is 1.79. The van der Waals surface area contributed by atoms with Gasteiger partial charge in [-0.3, -0.25) is 9.78 Å². The van der Waals surface area contributed by atoms with Crippen LogP contribution in [0.3, 0.4) is 0 Å². The van der Waals surface area contributed by atoms with Gasteiger partial charge in [-0.15, -0.1) is 0 Å². The van der Waals surface area contributed by atoms with Gasteiger partial charge in [-0.25, -0.2) is 0 Å². The van der Waals surface area contributed by atoms with E-state index < -0.39 is 0 Å². The van der Waals surface area contributed by atoms with E-state index in [9.17, 15) is 4.79 Å². The highest BCUT2D eigenvalue weighted by Crippen LogP contribution is 2.21. The zero-order chi connectivity index (χ0) is 13.6. The third-order valence-corrected chi connectivity index (χ3v) is 3.74. The highest BCUT2D eigenvalue weighted by Gasteiger charge is 2.26. The Morgan fingerprint density at radius 3 is 2.39 bits per heavy atom. The standard InChI is InChI=1S/C14H23N3O/c1-5-14(6-2,7-3)17-13(18)11-8-9-16-10-12(11)15-4/h8-10,15H,5-7H2,1-4H3,(H,17,18). The smallest absolute Gasteiger partial charge is 0.253 e. The van der Waals surface area contributed by atoms with E-state index in [1.54, 1.807) is 25.5 Å². The second kappa shape index (κ2) is 6.38. The molecule has 0 spiro atoms. The molecule has 0 aliphatic carbocycles. The third kappa shape index (κ3) is 3.00. The van der Waals surface area contributed by atoms with E-state index in [0.717, 1.165) is 24.9 Å². The van der Waals surface area contributed by atoms with Crippen LogP contribution in [0.1, 0.15) is 50.4 Å². The molecule has 4 nitrogen and oxygen atoms in total. The molecule has 2 N–H and O–H groups in total. The lowest BCUT2D eigenvalue weighted by atomic mass is 9.89. The summed E-state index contributed by atoms with van der Waals surface area (Å²) in [5.74, 6) is -0.0349. The number of hydrogen-bond acceptors (Lipinski definition) is 3. The van der Waals surface area contributed by atoms with E-state index in [-0.39, 0.29) is 11.4 Å². The Bertz CT molecular complexity index is 392. The van der Waals surface area contributed by atoms with E-state index in [0.29, 0.717) is 5.56 Å². The van der Waals surface area contributed by atoms with Crippen LogP contribution in [0, 0.1) is 0 Å². The van der Waals surface area contributed by atoms with Gasteiger partial charge < -0.3 is 10.6 Å². The van der Waals surface area contributed by atoms with Crippen molar-refractivity contribution in [2.45, 2.75) is 45.6 Å². The first-order valence-electron chi connectivity index (χ1n) is 6.56. The Labute approximate surface area is 109 Å². The van der Waals surface area contributed by atoms with Gasteiger partial charge in [-0.1, -0.05) is 20.8 Å². The molecule has 0 atom stereocenters. The molecule has 0 aliphatic rings. The van der Waals surface area contributed by atoms with Crippen LogP contribution in [0.15, 0.2) is 18.5 Å². The molecule has 1 rings (SSSR count). The van der Waals surface area contributed by atoms with E-state index in [2.05, 4.69) is 36.4 Å². The molecule has 1 aromatic heterocycles. The zero-order valence-corrected chi connectivity index (χ0v) is 11.7. The molecule has 0 radical (unpaired) electrons. The van der Waals surface area contributed by atoms with Crippen LogP contribution in [-0.2, 0) is 0 Å². The average Bonchev–Trinajstić information content (AvgIpc) is 2.44. The molecule has 0 saturated heterocycles. The lowest BCUT2D eigenvalue weighted by Crippen LogP contribution is -2.47. The van der Waals surface area contributed by atoms with Crippen molar-refractivity contribution in [3.05, 3.63) is 24.0 Å². The SMILES string of the molecule is CCC(CC)(CC)NC(=O)c1ccncc1NC. The van der Waals surface area contributed by atoms with Gasteiger partial charge in [0.15, 0.2) is 0 Å². The third-order valence-electron chi connectivity index (χ3n) is 3.74. The minimum atomic E-state index is -0.106. The van der Waals surface area contributed by atoms with Crippen molar-refractivity contribution in [1.82, 2.24) is 10.3 Å². The van der Waals surface area contributed by atoms with Crippen LogP contribution < -0.4 is 10.6 Å². The van der Waals surface area contributed by atoms with Gasteiger partial charge in [0, 0.05) is 18.8 Å². The van der Waals surface area contributed by atoms with Crippen molar-refractivity contribution in [2.75, 3.05) is 12.4 Å². The van der Waals surface area contributed by atoms with Crippen molar-refractivity contribution >= 4 is 11.6 Å². The summed E-state index contributed by atoms with van der Waals surface area (Å²) in [6.07, 6.45) is 6.12. The number of carbonyl (C=O) groups excluding carboxylic acids is 1. The quantitative estimate of drug-likeness (QED) is 0.815. The van der Waals surface area contributed by atoms with Crippen molar-refractivity contribution in [2.24, 2.45) is 0 Å². The van der Waals surface area contributed by atoms with Crippen LogP contribution in [0.2, 0.25) is 0 Å². The molecular weight excluding hydrogens is 226 g/mol. The summed E-state index contributed by atoms with van der Waals surface area (Å²) in [4.78, 5) is 16.4. The number of aromatic nitrogens is 1. The lowest BCUT2D eigenvalue weighted by Gasteiger charge is -2.32. The van der Waals surface area contributed by atoms with Crippen LogP contribution in [0.4, 0.5) is 5.69 Å². The Hall–Kier alpha value is -1.58. The van der Waals surface area contributed by atoms with Gasteiger partial charge in [0.1, 0.15) is 0 Å². The Balaban J connectivity index is 2.94.